The molecule has 4 aromatic rings. The number of phenolic OH excluding ortho intramolecular Hbond substituents is 1. The van der Waals surface area contributed by atoms with Gasteiger partial charge in [0.25, 0.3) is 10.0 Å². The zero-order chi connectivity index (χ0) is 33.1. The number of piperidine rings is 1. The monoisotopic (exact) mass is 689 g/mol. The minimum Gasteiger partial charge on any atom is -0.506 e. The molecule has 2 heterocycles. The summed E-state index contributed by atoms with van der Waals surface area (Å²) in [5.41, 5.74) is 2.60. The van der Waals surface area contributed by atoms with E-state index in [2.05, 4.69) is 24.6 Å². The van der Waals surface area contributed by atoms with Crippen LogP contribution in [0.4, 0.5) is 17.1 Å². The Morgan fingerprint density at radius 2 is 1.63 bits per heavy atom. The molecule has 0 radical (unpaired) electrons. The van der Waals surface area contributed by atoms with Crippen molar-refractivity contribution in [1.29, 1.82) is 0 Å². The number of aliphatic hydroxyl groups excluding tert-OH is 1. The van der Waals surface area contributed by atoms with Crippen LogP contribution in [0.2, 0.25) is 0 Å². The SMILES string of the molecule is CS(=O)(=O)Nc1cc(C(O)CNC2CCN(c3ccc(NS(=O)(=O)c4ccc(Cc5sc(=O)[nH]c5O)cc4)cc3)CC2)ccc1O. The Kier molecular flexibility index (Phi) is 9.93. The summed E-state index contributed by atoms with van der Waals surface area (Å²) in [7, 11) is -7.42. The molecule has 16 heteroatoms. The van der Waals surface area contributed by atoms with Crippen LogP contribution < -0.4 is 24.5 Å². The third-order valence-electron chi connectivity index (χ3n) is 7.58. The predicted octanol–water partition coefficient (Wildman–Crippen LogP) is 2.90. The van der Waals surface area contributed by atoms with Gasteiger partial charge < -0.3 is 25.5 Å². The predicted molar refractivity (Wildman–Crippen MR) is 178 cm³/mol. The Morgan fingerprint density at radius 3 is 2.24 bits per heavy atom. The lowest BCUT2D eigenvalue weighted by atomic mass is 10.0. The number of nitrogens with zero attached hydrogens (tertiary/aromatic N) is 1. The third-order valence-corrected chi connectivity index (χ3v) is 10.4. The van der Waals surface area contributed by atoms with E-state index < -0.39 is 26.2 Å². The summed E-state index contributed by atoms with van der Waals surface area (Å²) in [4.78, 5) is 16.1. The zero-order valence-corrected chi connectivity index (χ0v) is 27.3. The average Bonchev–Trinajstić information content (AvgIpc) is 3.32. The second-order valence-corrected chi connectivity index (χ2v) is 15.6. The van der Waals surface area contributed by atoms with Gasteiger partial charge in [-0.15, -0.1) is 0 Å². The fourth-order valence-electron chi connectivity index (χ4n) is 5.18. The summed E-state index contributed by atoms with van der Waals surface area (Å²) in [5.74, 6) is -0.408. The second kappa shape index (κ2) is 13.7. The van der Waals surface area contributed by atoms with E-state index in [9.17, 15) is 36.9 Å². The lowest BCUT2D eigenvalue weighted by Crippen LogP contribution is -2.43. The normalized spacial score (nSPS) is 15.0. The standard InChI is InChI=1S/C30H35N5O8S3/c1-45(40,41)34-25-17-20(4-11-26(25)36)27(37)18-31-21-12-14-35(15-13-21)23-7-5-22(6-8-23)33-46(42,43)24-9-2-19(3-10-24)16-28-29(38)32-30(39)44-28/h2-11,17,21,27,31,33-34,36-38H,12-16,18H2,1H3,(H,32,39). The van der Waals surface area contributed by atoms with Crippen LogP contribution in [0, 0.1) is 0 Å². The molecule has 246 valence electrons. The van der Waals surface area contributed by atoms with Gasteiger partial charge >= 0.3 is 4.87 Å². The zero-order valence-electron chi connectivity index (χ0n) is 24.8. The third kappa shape index (κ3) is 8.58. The minimum absolute atomic E-state index is 0.00769. The molecule has 5 rings (SSSR count). The summed E-state index contributed by atoms with van der Waals surface area (Å²) in [6.07, 6.45) is 2.01. The van der Waals surface area contributed by atoms with Crippen molar-refractivity contribution >= 4 is 48.4 Å². The van der Waals surface area contributed by atoms with Crippen LogP contribution in [0.25, 0.3) is 0 Å². The van der Waals surface area contributed by atoms with E-state index >= 15 is 0 Å². The Balaban J connectivity index is 1.10. The van der Waals surface area contributed by atoms with E-state index in [-0.39, 0.29) is 39.7 Å². The van der Waals surface area contributed by atoms with E-state index in [1.54, 1.807) is 30.3 Å². The van der Waals surface area contributed by atoms with Gasteiger partial charge in [-0.25, -0.2) is 16.8 Å². The van der Waals surface area contributed by atoms with E-state index in [1.807, 2.05) is 12.1 Å². The van der Waals surface area contributed by atoms with Crippen molar-refractivity contribution in [2.45, 2.75) is 36.3 Å². The molecule has 1 aliphatic heterocycles. The van der Waals surface area contributed by atoms with Crippen LogP contribution in [-0.4, -0.2) is 69.1 Å². The van der Waals surface area contributed by atoms with Crippen molar-refractivity contribution in [1.82, 2.24) is 10.3 Å². The highest BCUT2D eigenvalue weighted by molar-refractivity contribution is 7.92. The first-order valence-corrected chi connectivity index (χ1v) is 18.5. The van der Waals surface area contributed by atoms with Gasteiger partial charge in [-0.1, -0.05) is 29.5 Å². The fraction of sp³-hybridized carbons (Fsp3) is 0.300. The van der Waals surface area contributed by atoms with E-state index in [1.165, 1.54) is 24.3 Å². The number of aliphatic hydroxyl groups is 1. The highest BCUT2D eigenvalue weighted by Crippen LogP contribution is 2.29. The maximum atomic E-state index is 13.0. The molecular weight excluding hydrogens is 655 g/mol. The molecule has 46 heavy (non-hydrogen) atoms. The molecule has 7 N–H and O–H groups in total. The number of sulfonamides is 2. The minimum atomic E-state index is -3.84. The van der Waals surface area contributed by atoms with Crippen molar-refractivity contribution in [2.24, 2.45) is 0 Å². The number of rotatable bonds is 12. The Labute approximate surface area is 270 Å². The number of aromatic hydroxyl groups is 2. The largest absolute Gasteiger partial charge is 0.506 e. The summed E-state index contributed by atoms with van der Waals surface area (Å²) >= 11 is 0.906. The van der Waals surface area contributed by atoms with Crippen LogP contribution >= 0.6 is 11.3 Å². The number of benzene rings is 3. The van der Waals surface area contributed by atoms with Gasteiger partial charge in [-0.2, -0.15) is 0 Å². The number of phenols is 1. The van der Waals surface area contributed by atoms with Crippen LogP contribution in [0.15, 0.2) is 76.4 Å². The lowest BCUT2D eigenvalue weighted by molar-refractivity contribution is 0.167. The van der Waals surface area contributed by atoms with Gasteiger partial charge in [-0.3, -0.25) is 19.2 Å². The molecule has 1 fully saturated rings. The molecule has 1 aliphatic rings. The van der Waals surface area contributed by atoms with Gasteiger partial charge in [0.15, 0.2) is 0 Å². The number of aromatic amines is 1. The van der Waals surface area contributed by atoms with Gasteiger partial charge in [0, 0.05) is 43.5 Å². The van der Waals surface area contributed by atoms with E-state index in [0.29, 0.717) is 22.5 Å². The first kappa shape index (κ1) is 33.3. The van der Waals surface area contributed by atoms with Crippen LogP contribution in [0.1, 0.15) is 34.9 Å². The smallest absolute Gasteiger partial charge is 0.307 e. The fourth-order valence-corrected chi connectivity index (χ4v) is 7.56. The maximum Gasteiger partial charge on any atom is 0.307 e. The van der Waals surface area contributed by atoms with Gasteiger partial charge in [-0.05, 0) is 72.5 Å². The number of thiazole rings is 1. The first-order valence-electron chi connectivity index (χ1n) is 14.4. The molecule has 0 saturated carbocycles. The molecule has 3 aromatic carbocycles. The Morgan fingerprint density at radius 1 is 0.957 bits per heavy atom. The van der Waals surface area contributed by atoms with E-state index in [4.69, 9.17) is 0 Å². The number of nitrogens with one attached hydrogen (secondary N) is 4. The van der Waals surface area contributed by atoms with Crippen LogP contribution in [0.3, 0.4) is 0 Å². The molecule has 0 aliphatic carbocycles. The highest BCUT2D eigenvalue weighted by Gasteiger charge is 2.22. The molecule has 1 aromatic heterocycles. The molecular formula is C30H35N5O8S3. The number of H-pyrrole nitrogens is 1. The molecule has 13 nitrogen and oxygen atoms in total. The summed E-state index contributed by atoms with van der Waals surface area (Å²) in [6, 6.07) is 17.8. The molecule has 1 unspecified atom stereocenters. The van der Waals surface area contributed by atoms with Crippen LogP contribution in [0.5, 0.6) is 11.6 Å². The Hall–Kier alpha value is -4.09. The Bertz CT molecular complexity index is 1940. The quantitative estimate of drug-likeness (QED) is 0.109. The molecule has 1 saturated heterocycles. The molecule has 0 amide bonds. The number of anilines is 3. The van der Waals surface area contributed by atoms with Crippen molar-refractivity contribution in [2.75, 3.05) is 40.2 Å². The first-order chi connectivity index (χ1) is 21.8. The van der Waals surface area contributed by atoms with Gasteiger partial charge in [0.2, 0.25) is 15.9 Å². The van der Waals surface area contributed by atoms with Gasteiger partial charge in [0.05, 0.1) is 27.8 Å². The summed E-state index contributed by atoms with van der Waals surface area (Å²) in [6.45, 7) is 1.76. The average molecular weight is 690 g/mol. The number of hydrogen-bond acceptors (Lipinski definition) is 11. The second-order valence-electron chi connectivity index (χ2n) is 11.1. The van der Waals surface area contributed by atoms with Crippen molar-refractivity contribution in [3.8, 4) is 11.6 Å². The van der Waals surface area contributed by atoms with Crippen molar-refractivity contribution in [3.63, 3.8) is 0 Å². The summed E-state index contributed by atoms with van der Waals surface area (Å²) in [5, 5.41) is 33.7. The lowest BCUT2D eigenvalue weighted by Gasteiger charge is -2.34. The number of hydrogen-bond donors (Lipinski definition) is 7. The molecule has 0 spiro atoms. The van der Waals surface area contributed by atoms with Crippen LogP contribution in [-0.2, 0) is 26.5 Å². The number of aromatic nitrogens is 1. The molecule has 0 bridgehead atoms. The van der Waals surface area contributed by atoms with Crippen molar-refractivity contribution in [3.05, 3.63) is 92.4 Å². The van der Waals surface area contributed by atoms with Gasteiger partial charge in [0.1, 0.15) is 5.75 Å². The molecule has 1 atom stereocenters. The van der Waals surface area contributed by atoms with Crippen molar-refractivity contribution < 1.29 is 32.2 Å². The summed E-state index contributed by atoms with van der Waals surface area (Å²) < 4.78 is 53.9. The topological polar surface area (TPSA) is 201 Å². The van der Waals surface area contributed by atoms with E-state index in [0.717, 1.165) is 54.8 Å². The maximum absolute atomic E-state index is 13.0. The highest BCUT2D eigenvalue weighted by atomic mass is 32.2.